The molecule has 2 aromatic carbocycles. The van der Waals surface area contributed by atoms with Gasteiger partial charge in [0.15, 0.2) is 0 Å². The van der Waals surface area contributed by atoms with Crippen molar-refractivity contribution in [3.63, 3.8) is 0 Å². The van der Waals surface area contributed by atoms with Crippen molar-refractivity contribution in [2.75, 3.05) is 18.9 Å². The second kappa shape index (κ2) is 9.52. The van der Waals surface area contributed by atoms with Crippen LogP contribution in [-0.4, -0.2) is 24.8 Å². The monoisotopic (exact) mass is 357 g/mol. The van der Waals surface area contributed by atoms with Gasteiger partial charge in [0.25, 0.3) is 0 Å². The molecule has 0 radical (unpaired) electrons. The molecule has 4 heteroatoms. The Labute approximate surface area is 155 Å². The molecule has 0 aliphatic rings. The third-order valence-corrected chi connectivity index (χ3v) is 4.81. The van der Waals surface area contributed by atoms with Gasteiger partial charge in [0.05, 0.1) is 12.3 Å². The van der Waals surface area contributed by atoms with Crippen LogP contribution in [0, 0.1) is 27.7 Å². The molecule has 0 bridgehead atoms. The first-order valence-electron chi connectivity index (χ1n) is 8.56. The number of carbonyl (C=O) groups excluding carboxylic acids is 1. The zero-order valence-corrected chi connectivity index (χ0v) is 16.3. The van der Waals surface area contributed by atoms with E-state index in [0.717, 1.165) is 17.1 Å². The van der Waals surface area contributed by atoms with Crippen molar-refractivity contribution in [3.05, 3.63) is 64.2 Å². The Morgan fingerprint density at radius 3 is 2.44 bits per heavy atom. The smallest absolute Gasteiger partial charge is 0.230 e. The molecule has 25 heavy (non-hydrogen) atoms. The summed E-state index contributed by atoms with van der Waals surface area (Å²) in [5.41, 5.74) is 6.09. The quantitative estimate of drug-likeness (QED) is 0.714. The molecular weight excluding hydrogens is 330 g/mol. The number of benzene rings is 2. The van der Waals surface area contributed by atoms with Crippen LogP contribution in [0.15, 0.2) is 36.4 Å². The van der Waals surface area contributed by atoms with Gasteiger partial charge in [-0.1, -0.05) is 41.5 Å². The highest BCUT2D eigenvalue weighted by Crippen LogP contribution is 2.19. The molecule has 1 N–H and O–H groups in total. The van der Waals surface area contributed by atoms with E-state index in [9.17, 15) is 4.79 Å². The number of amides is 1. The van der Waals surface area contributed by atoms with E-state index in [4.69, 9.17) is 4.74 Å². The first-order valence-corrected chi connectivity index (χ1v) is 9.71. The topological polar surface area (TPSA) is 38.3 Å². The van der Waals surface area contributed by atoms with Crippen LogP contribution in [0.3, 0.4) is 0 Å². The number of thioether (sulfide) groups is 1. The highest BCUT2D eigenvalue weighted by molar-refractivity contribution is 7.99. The van der Waals surface area contributed by atoms with Crippen molar-refractivity contribution in [2.24, 2.45) is 0 Å². The van der Waals surface area contributed by atoms with Crippen LogP contribution in [0.1, 0.15) is 27.8 Å². The SMILES string of the molecule is Cc1cc(C)cc(CSCC(=O)NCCOc2cc(C)ccc2C)c1. The van der Waals surface area contributed by atoms with Crippen molar-refractivity contribution in [1.29, 1.82) is 0 Å². The molecule has 3 nitrogen and oxygen atoms in total. The molecule has 0 fully saturated rings. The lowest BCUT2D eigenvalue weighted by Crippen LogP contribution is -2.29. The predicted molar refractivity (Wildman–Crippen MR) is 106 cm³/mol. The van der Waals surface area contributed by atoms with Crippen LogP contribution in [0.4, 0.5) is 0 Å². The fourth-order valence-electron chi connectivity index (χ4n) is 2.68. The average molecular weight is 358 g/mol. The highest BCUT2D eigenvalue weighted by atomic mass is 32.2. The van der Waals surface area contributed by atoms with Crippen molar-refractivity contribution in [1.82, 2.24) is 5.32 Å². The van der Waals surface area contributed by atoms with Crippen LogP contribution in [0.2, 0.25) is 0 Å². The number of nitrogens with one attached hydrogen (secondary N) is 1. The van der Waals surface area contributed by atoms with Gasteiger partial charge < -0.3 is 10.1 Å². The van der Waals surface area contributed by atoms with Crippen molar-refractivity contribution in [3.8, 4) is 5.75 Å². The van der Waals surface area contributed by atoms with Crippen molar-refractivity contribution >= 4 is 17.7 Å². The number of carbonyl (C=O) groups is 1. The molecule has 1 amide bonds. The van der Waals surface area contributed by atoms with Gasteiger partial charge in [0.1, 0.15) is 12.4 Å². The van der Waals surface area contributed by atoms with E-state index in [1.165, 1.54) is 22.3 Å². The van der Waals surface area contributed by atoms with Gasteiger partial charge in [0.2, 0.25) is 5.91 Å². The number of hydrogen-bond donors (Lipinski definition) is 1. The molecule has 0 spiro atoms. The van der Waals surface area contributed by atoms with Crippen molar-refractivity contribution < 1.29 is 9.53 Å². The van der Waals surface area contributed by atoms with Gasteiger partial charge >= 0.3 is 0 Å². The standard InChI is InChI=1S/C21H27NO2S/c1-15-5-6-18(4)20(12-15)24-8-7-22-21(23)14-25-13-19-10-16(2)9-17(3)11-19/h5-6,9-12H,7-8,13-14H2,1-4H3,(H,22,23). The third kappa shape index (κ3) is 6.83. The van der Waals surface area contributed by atoms with Crippen LogP contribution in [-0.2, 0) is 10.5 Å². The Balaban J connectivity index is 1.64. The molecule has 0 aliphatic carbocycles. The Morgan fingerprint density at radius 2 is 1.72 bits per heavy atom. The first-order chi connectivity index (χ1) is 11.9. The lowest BCUT2D eigenvalue weighted by molar-refractivity contribution is -0.118. The van der Waals surface area contributed by atoms with Crippen molar-refractivity contribution in [2.45, 2.75) is 33.4 Å². The average Bonchev–Trinajstić information content (AvgIpc) is 2.54. The fraction of sp³-hybridized carbons (Fsp3) is 0.381. The molecular formula is C21H27NO2S. The number of rotatable bonds is 8. The summed E-state index contributed by atoms with van der Waals surface area (Å²) in [4.78, 5) is 11.9. The lowest BCUT2D eigenvalue weighted by atomic mass is 10.1. The number of aryl methyl sites for hydroxylation is 4. The molecule has 0 heterocycles. The third-order valence-electron chi connectivity index (χ3n) is 3.81. The summed E-state index contributed by atoms with van der Waals surface area (Å²) < 4.78 is 5.75. The van der Waals surface area contributed by atoms with E-state index in [1.807, 2.05) is 26.0 Å². The van der Waals surface area contributed by atoms with Gasteiger partial charge in [-0.05, 0) is 50.5 Å². The minimum Gasteiger partial charge on any atom is -0.491 e. The van der Waals surface area contributed by atoms with Crippen LogP contribution < -0.4 is 10.1 Å². The summed E-state index contributed by atoms with van der Waals surface area (Å²) in [5.74, 6) is 2.27. The Kier molecular flexibility index (Phi) is 7.38. The van der Waals surface area contributed by atoms with E-state index < -0.39 is 0 Å². The number of ether oxygens (including phenoxy) is 1. The summed E-state index contributed by atoms with van der Waals surface area (Å²) in [6.45, 7) is 9.28. The Hall–Kier alpha value is -1.94. The predicted octanol–water partition coefficient (Wildman–Crippen LogP) is 4.35. The normalized spacial score (nSPS) is 10.6. The molecule has 0 saturated carbocycles. The number of hydrogen-bond acceptors (Lipinski definition) is 3. The Bertz CT molecular complexity index is 708. The van der Waals surface area contributed by atoms with Gasteiger partial charge in [-0.25, -0.2) is 0 Å². The Morgan fingerprint density at radius 1 is 1.00 bits per heavy atom. The summed E-state index contributed by atoms with van der Waals surface area (Å²) in [5, 5.41) is 2.91. The lowest BCUT2D eigenvalue weighted by Gasteiger charge is -2.11. The molecule has 2 aromatic rings. The summed E-state index contributed by atoms with van der Waals surface area (Å²) in [6.07, 6.45) is 0. The zero-order valence-electron chi connectivity index (χ0n) is 15.5. The zero-order chi connectivity index (χ0) is 18.2. The molecule has 0 aromatic heterocycles. The van der Waals surface area contributed by atoms with Crippen LogP contribution >= 0.6 is 11.8 Å². The maximum absolute atomic E-state index is 11.9. The summed E-state index contributed by atoms with van der Waals surface area (Å²) >= 11 is 1.64. The first kappa shape index (κ1) is 19.4. The minimum absolute atomic E-state index is 0.0546. The molecule has 0 saturated heterocycles. The van der Waals surface area contributed by atoms with E-state index in [0.29, 0.717) is 18.9 Å². The molecule has 0 atom stereocenters. The second-order valence-electron chi connectivity index (χ2n) is 6.46. The van der Waals surface area contributed by atoms with Crippen LogP contribution in [0.25, 0.3) is 0 Å². The maximum atomic E-state index is 11.9. The molecule has 0 unspecified atom stereocenters. The molecule has 134 valence electrons. The van der Waals surface area contributed by atoms with Gasteiger partial charge in [-0.2, -0.15) is 0 Å². The van der Waals surface area contributed by atoms with Gasteiger partial charge in [0, 0.05) is 5.75 Å². The summed E-state index contributed by atoms with van der Waals surface area (Å²) in [6, 6.07) is 12.7. The van der Waals surface area contributed by atoms with E-state index >= 15 is 0 Å². The van der Waals surface area contributed by atoms with Crippen LogP contribution in [0.5, 0.6) is 5.75 Å². The highest BCUT2D eigenvalue weighted by Gasteiger charge is 2.04. The van der Waals surface area contributed by atoms with E-state index in [-0.39, 0.29) is 5.91 Å². The van der Waals surface area contributed by atoms with Gasteiger partial charge in [-0.3, -0.25) is 4.79 Å². The summed E-state index contributed by atoms with van der Waals surface area (Å²) in [7, 11) is 0. The second-order valence-corrected chi connectivity index (χ2v) is 7.44. The molecule has 0 aliphatic heterocycles. The van der Waals surface area contributed by atoms with E-state index in [2.05, 4.69) is 43.4 Å². The minimum atomic E-state index is 0.0546. The fourth-order valence-corrected chi connectivity index (χ4v) is 3.47. The largest absolute Gasteiger partial charge is 0.491 e. The maximum Gasteiger partial charge on any atom is 0.230 e. The molecule has 2 rings (SSSR count). The van der Waals surface area contributed by atoms with E-state index in [1.54, 1.807) is 11.8 Å². The van der Waals surface area contributed by atoms with Gasteiger partial charge in [-0.15, -0.1) is 11.8 Å².